The molecule has 0 aliphatic heterocycles. The average Bonchev–Trinajstić information content (AvgIpc) is 2.87. The number of pyridine rings is 1. The van der Waals surface area contributed by atoms with Crippen LogP contribution in [0, 0.1) is 33.6 Å². The van der Waals surface area contributed by atoms with Crippen LogP contribution in [0.15, 0.2) is 30.3 Å². The second kappa shape index (κ2) is 8.05. The second-order valence-corrected chi connectivity index (χ2v) is 7.77. The number of carbonyl (C=O) groups is 3. The summed E-state index contributed by atoms with van der Waals surface area (Å²) >= 11 is 0. The van der Waals surface area contributed by atoms with Gasteiger partial charge in [0.25, 0.3) is 0 Å². The summed E-state index contributed by atoms with van der Waals surface area (Å²) in [6.45, 7) is 8.08. The van der Waals surface area contributed by atoms with Gasteiger partial charge in [-0.2, -0.15) is 0 Å². The highest BCUT2D eigenvalue weighted by Gasteiger charge is 2.43. The molecule has 1 aromatic carbocycles. The number of ketones is 2. The lowest BCUT2D eigenvalue weighted by Crippen LogP contribution is -2.27. The number of nitrogens with one attached hydrogen (secondary N) is 1. The number of rotatable bonds is 5. The topological polar surface area (TPSA) is 76.1 Å². The van der Waals surface area contributed by atoms with Crippen molar-refractivity contribution in [3.63, 3.8) is 0 Å². The molecule has 1 N–H and O–H groups in total. The zero-order valence-corrected chi connectivity index (χ0v) is 16.8. The van der Waals surface area contributed by atoms with Crippen molar-refractivity contribution in [2.24, 2.45) is 5.92 Å². The molecule has 0 radical (unpaired) electrons. The minimum Gasteiger partial charge on any atom is -0.350 e. The number of hydrogen-bond donors (Lipinski definition) is 1. The third kappa shape index (κ3) is 4.19. The maximum atomic E-state index is 12.9. The van der Waals surface area contributed by atoms with Crippen LogP contribution in [-0.4, -0.2) is 22.5 Å². The molecule has 0 saturated heterocycles. The van der Waals surface area contributed by atoms with E-state index in [1.807, 2.05) is 58.0 Å². The Labute approximate surface area is 165 Å². The number of amides is 1. The molecule has 2 atom stereocenters. The van der Waals surface area contributed by atoms with Crippen molar-refractivity contribution in [2.75, 3.05) is 0 Å². The predicted molar refractivity (Wildman–Crippen MR) is 107 cm³/mol. The minimum atomic E-state index is -0.739. The first-order valence-electron chi connectivity index (χ1n) is 9.59. The van der Waals surface area contributed by atoms with Crippen LogP contribution in [0.4, 0.5) is 0 Å². The molecule has 1 fully saturated rings. The van der Waals surface area contributed by atoms with Crippen LogP contribution in [0.3, 0.4) is 0 Å². The number of nitrogens with zero attached hydrogens (tertiary/aromatic N) is 1. The minimum absolute atomic E-state index is 0.0385. The van der Waals surface area contributed by atoms with Gasteiger partial charge in [-0.05, 0) is 56.5 Å². The standard InChI is InChI=1S/C23H26N2O3/c1-13-8-14(2)21(15(3)9-13)22-19(26)10-17(23(22)28)11-20(27)24-12-18-7-5-6-16(4)25-18/h5-9,17,22H,10-12H2,1-4H3,(H,24,27). The predicted octanol–water partition coefficient (Wildman–Crippen LogP) is 3.26. The summed E-state index contributed by atoms with van der Waals surface area (Å²) in [5.74, 6) is -1.74. The van der Waals surface area contributed by atoms with Gasteiger partial charge in [-0.1, -0.05) is 23.8 Å². The van der Waals surface area contributed by atoms with Gasteiger partial charge in [0.2, 0.25) is 5.91 Å². The van der Waals surface area contributed by atoms with Crippen molar-refractivity contribution < 1.29 is 14.4 Å². The van der Waals surface area contributed by atoms with Gasteiger partial charge in [-0.15, -0.1) is 0 Å². The lowest BCUT2D eigenvalue weighted by atomic mass is 9.86. The monoisotopic (exact) mass is 378 g/mol. The summed E-state index contributed by atoms with van der Waals surface area (Å²) < 4.78 is 0. The summed E-state index contributed by atoms with van der Waals surface area (Å²) in [5.41, 5.74) is 5.49. The Morgan fingerprint density at radius 1 is 1.11 bits per heavy atom. The van der Waals surface area contributed by atoms with E-state index >= 15 is 0 Å². The molecule has 0 bridgehead atoms. The summed E-state index contributed by atoms with van der Waals surface area (Å²) in [6.07, 6.45) is 0.170. The highest BCUT2D eigenvalue weighted by molar-refractivity contribution is 6.15. The molecule has 28 heavy (non-hydrogen) atoms. The molecular formula is C23H26N2O3. The average molecular weight is 378 g/mol. The molecule has 5 heteroatoms. The third-order valence-electron chi connectivity index (χ3n) is 5.33. The Morgan fingerprint density at radius 3 is 2.43 bits per heavy atom. The Kier molecular flexibility index (Phi) is 5.73. The molecule has 3 rings (SSSR count). The zero-order valence-electron chi connectivity index (χ0n) is 16.8. The molecule has 146 valence electrons. The van der Waals surface area contributed by atoms with Crippen LogP contribution in [0.2, 0.25) is 0 Å². The van der Waals surface area contributed by atoms with E-state index in [1.165, 1.54) is 0 Å². The molecule has 1 amide bonds. The molecule has 1 saturated carbocycles. The summed E-state index contributed by atoms with van der Waals surface area (Å²) in [4.78, 5) is 42.2. The van der Waals surface area contributed by atoms with Crippen LogP contribution in [0.1, 0.15) is 52.4 Å². The smallest absolute Gasteiger partial charge is 0.221 e. The quantitative estimate of drug-likeness (QED) is 0.810. The van der Waals surface area contributed by atoms with Crippen molar-refractivity contribution in [1.82, 2.24) is 10.3 Å². The highest BCUT2D eigenvalue weighted by Crippen LogP contribution is 2.37. The Balaban J connectivity index is 1.67. The third-order valence-corrected chi connectivity index (χ3v) is 5.33. The molecular weight excluding hydrogens is 352 g/mol. The first kappa shape index (κ1) is 19.9. The number of hydrogen-bond acceptors (Lipinski definition) is 4. The largest absolute Gasteiger partial charge is 0.350 e. The van der Waals surface area contributed by atoms with Crippen molar-refractivity contribution in [1.29, 1.82) is 0 Å². The fourth-order valence-electron chi connectivity index (χ4n) is 4.16. The van der Waals surface area contributed by atoms with E-state index in [0.717, 1.165) is 33.6 Å². The Bertz CT molecular complexity index is 926. The second-order valence-electron chi connectivity index (χ2n) is 7.77. The van der Waals surface area contributed by atoms with Gasteiger partial charge in [-0.25, -0.2) is 0 Å². The summed E-state index contributed by atoms with van der Waals surface area (Å²) in [5, 5.41) is 2.81. The van der Waals surface area contributed by atoms with Crippen LogP contribution in [-0.2, 0) is 20.9 Å². The summed E-state index contributed by atoms with van der Waals surface area (Å²) in [7, 11) is 0. The molecule has 2 aromatic rings. The maximum Gasteiger partial charge on any atom is 0.221 e. The number of aromatic nitrogens is 1. The highest BCUT2D eigenvalue weighted by atomic mass is 16.2. The van der Waals surface area contributed by atoms with E-state index in [0.29, 0.717) is 6.54 Å². The van der Waals surface area contributed by atoms with Gasteiger partial charge in [0.15, 0.2) is 5.78 Å². The fourth-order valence-corrected chi connectivity index (χ4v) is 4.16. The lowest BCUT2D eigenvalue weighted by molar-refractivity contribution is -0.128. The van der Waals surface area contributed by atoms with Crippen molar-refractivity contribution >= 4 is 17.5 Å². The first-order chi connectivity index (χ1) is 13.3. The van der Waals surface area contributed by atoms with Crippen LogP contribution in [0.5, 0.6) is 0 Å². The van der Waals surface area contributed by atoms with E-state index < -0.39 is 11.8 Å². The molecule has 1 aliphatic rings. The van der Waals surface area contributed by atoms with Crippen molar-refractivity contribution in [3.05, 3.63) is 64.0 Å². The van der Waals surface area contributed by atoms with Crippen LogP contribution < -0.4 is 5.32 Å². The van der Waals surface area contributed by atoms with Gasteiger partial charge in [0.1, 0.15) is 11.7 Å². The van der Waals surface area contributed by atoms with Gasteiger partial charge in [0, 0.05) is 24.5 Å². The van der Waals surface area contributed by atoms with E-state index in [1.54, 1.807) is 0 Å². The molecule has 0 spiro atoms. The van der Waals surface area contributed by atoms with Gasteiger partial charge >= 0.3 is 0 Å². The van der Waals surface area contributed by atoms with Crippen LogP contribution >= 0.6 is 0 Å². The van der Waals surface area contributed by atoms with E-state index in [4.69, 9.17) is 0 Å². The fraction of sp³-hybridized carbons (Fsp3) is 0.391. The summed E-state index contributed by atoms with van der Waals surface area (Å²) in [6, 6.07) is 9.62. The number of carbonyl (C=O) groups excluding carboxylic acids is 3. The van der Waals surface area contributed by atoms with E-state index in [9.17, 15) is 14.4 Å². The van der Waals surface area contributed by atoms with Gasteiger partial charge in [0.05, 0.1) is 12.2 Å². The normalized spacial score (nSPS) is 19.1. The molecule has 1 aromatic heterocycles. The van der Waals surface area contributed by atoms with Crippen molar-refractivity contribution in [2.45, 2.75) is 53.0 Å². The van der Waals surface area contributed by atoms with Crippen LogP contribution in [0.25, 0.3) is 0 Å². The molecule has 1 heterocycles. The Morgan fingerprint density at radius 2 is 1.79 bits per heavy atom. The molecule has 5 nitrogen and oxygen atoms in total. The van der Waals surface area contributed by atoms with Crippen molar-refractivity contribution in [3.8, 4) is 0 Å². The number of Topliss-reactive ketones (excluding diaryl/α,β-unsaturated/α-hetero) is 2. The van der Waals surface area contributed by atoms with E-state index in [2.05, 4.69) is 10.3 Å². The Hall–Kier alpha value is -2.82. The SMILES string of the molecule is Cc1cc(C)c(C2C(=O)CC(CC(=O)NCc3cccc(C)n3)C2=O)c(C)c1. The first-order valence-corrected chi connectivity index (χ1v) is 9.59. The maximum absolute atomic E-state index is 12.9. The lowest BCUT2D eigenvalue weighted by Gasteiger charge is -2.16. The number of benzene rings is 1. The molecule has 1 aliphatic carbocycles. The van der Waals surface area contributed by atoms with E-state index in [-0.39, 0.29) is 30.3 Å². The van der Waals surface area contributed by atoms with Gasteiger partial charge < -0.3 is 5.32 Å². The van der Waals surface area contributed by atoms with Gasteiger partial charge in [-0.3, -0.25) is 19.4 Å². The zero-order chi connectivity index (χ0) is 20.4. The number of aryl methyl sites for hydroxylation is 4. The molecule has 2 unspecified atom stereocenters.